The van der Waals surface area contributed by atoms with Crippen molar-refractivity contribution in [3.63, 3.8) is 0 Å². The molecule has 118 valence electrons. The van der Waals surface area contributed by atoms with Gasteiger partial charge in [-0.3, -0.25) is 0 Å². The molecule has 1 unspecified atom stereocenters. The number of rotatable bonds is 5. The molecule has 0 amide bonds. The van der Waals surface area contributed by atoms with Crippen LogP contribution in [0.2, 0.25) is 0 Å². The number of piperidine rings is 1. The first-order valence-electron chi connectivity index (χ1n) is 8.44. The third kappa shape index (κ3) is 4.44. The van der Waals surface area contributed by atoms with Gasteiger partial charge in [-0.15, -0.1) is 0 Å². The van der Waals surface area contributed by atoms with E-state index in [-0.39, 0.29) is 11.2 Å². The number of hydrogen-bond acceptors (Lipinski definition) is 3. The number of nitrogens with one attached hydrogen (secondary N) is 1. The largest absolute Gasteiger partial charge is 0.368 e. The molecule has 20 heavy (non-hydrogen) atoms. The van der Waals surface area contributed by atoms with Gasteiger partial charge in [0.1, 0.15) is 0 Å². The molecule has 0 aliphatic carbocycles. The van der Waals surface area contributed by atoms with Crippen LogP contribution in [0.25, 0.3) is 0 Å². The lowest BCUT2D eigenvalue weighted by Crippen LogP contribution is -2.44. The summed E-state index contributed by atoms with van der Waals surface area (Å²) in [7, 11) is 0. The average Bonchev–Trinajstić information content (AvgIpc) is 2.55. The minimum absolute atomic E-state index is 0.0180. The van der Waals surface area contributed by atoms with E-state index >= 15 is 0 Å². The Bertz CT molecular complexity index is 306. The third-order valence-electron chi connectivity index (χ3n) is 4.99. The predicted molar refractivity (Wildman–Crippen MR) is 85.1 cm³/mol. The van der Waals surface area contributed by atoms with Crippen molar-refractivity contribution in [1.82, 2.24) is 10.2 Å². The zero-order valence-electron chi connectivity index (χ0n) is 14.2. The predicted octanol–water partition coefficient (Wildman–Crippen LogP) is 3.04. The summed E-state index contributed by atoms with van der Waals surface area (Å²) in [5, 5.41) is 3.72. The summed E-state index contributed by atoms with van der Waals surface area (Å²) in [5.74, 6) is 0.933. The molecule has 1 atom stereocenters. The summed E-state index contributed by atoms with van der Waals surface area (Å²) < 4.78 is 6.13. The standard InChI is InChI=1S/C17H34N2O/c1-14-7-11-19(12-8-14)10-6-9-18-15-13-16(2,3)20-17(15,4)5/h14-15,18H,6-13H2,1-5H3. The van der Waals surface area contributed by atoms with Gasteiger partial charge >= 0.3 is 0 Å². The Hall–Kier alpha value is -0.120. The maximum Gasteiger partial charge on any atom is 0.0787 e. The first kappa shape index (κ1) is 16.3. The molecule has 2 aliphatic rings. The molecular weight excluding hydrogens is 248 g/mol. The summed E-state index contributed by atoms with van der Waals surface area (Å²) in [6.07, 6.45) is 5.12. The van der Waals surface area contributed by atoms with Crippen molar-refractivity contribution >= 4 is 0 Å². The summed E-state index contributed by atoms with van der Waals surface area (Å²) in [5.41, 5.74) is -0.0196. The molecule has 2 saturated heterocycles. The van der Waals surface area contributed by atoms with Crippen LogP contribution >= 0.6 is 0 Å². The highest BCUT2D eigenvalue weighted by Crippen LogP contribution is 2.37. The molecule has 0 saturated carbocycles. The van der Waals surface area contributed by atoms with Crippen molar-refractivity contribution in [3.05, 3.63) is 0 Å². The second-order valence-corrected chi connectivity index (χ2v) is 8.05. The first-order valence-corrected chi connectivity index (χ1v) is 8.44. The molecule has 0 spiro atoms. The Kier molecular flexibility index (Phi) is 5.14. The van der Waals surface area contributed by atoms with Gasteiger partial charge in [0.15, 0.2) is 0 Å². The highest BCUT2D eigenvalue weighted by atomic mass is 16.5. The zero-order valence-corrected chi connectivity index (χ0v) is 14.2. The second-order valence-electron chi connectivity index (χ2n) is 8.05. The molecule has 0 aromatic carbocycles. The fraction of sp³-hybridized carbons (Fsp3) is 1.00. The minimum atomic E-state index is -0.0376. The maximum atomic E-state index is 6.13. The molecule has 0 aromatic rings. The summed E-state index contributed by atoms with van der Waals surface area (Å²) in [6.45, 7) is 16.2. The molecule has 3 heteroatoms. The Morgan fingerprint density at radius 3 is 2.35 bits per heavy atom. The van der Waals surface area contributed by atoms with E-state index in [1.807, 2.05) is 0 Å². The number of nitrogens with zero attached hydrogens (tertiary/aromatic N) is 1. The van der Waals surface area contributed by atoms with E-state index in [0.717, 1.165) is 18.9 Å². The van der Waals surface area contributed by atoms with Crippen LogP contribution in [0.3, 0.4) is 0 Å². The van der Waals surface area contributed by atoms with Crippen molar-refractivity contribution in [2.75, 3.05) is 26.2 Å². The van der Waals surface area contributed by atoms with Gasteiger partial charge in [0.2, 0.25) is 0 Å². The zero-order chi connectivity index (χ0) is 14.8. The van der Waals surface area contributed by atoms with Crippen molar-refractivity contribution in [2.45, 2.75) is 77.5 Å². The lowest BCUT2D eigenvalue weighted by atomic mass is 9.94. The molecule has 0 bridgehead atoms. The van der Waals surface area contributed by atoms with Crippen LogP contribution in [-0.4, -0.2) is 48.3 Å². The van der Waals surface area contributed by atoms with Crippen LogP contribution in [0.15, 0.2) is 0 Å². The van der Waals surface area contributed by atoms with Gasteiger partial charge in [0.05, 0.1) is 11.2 Å². The van der Waals surface area contributed by atoms with E-state index in [2.05, 4.69) is 44.8 Å². The van der Waals surface area contributed by atoms with E-state index in [1.165, 1.54) is 38.9 Å². The van der Waals surface area contributed by atoms with Crippen LogP contribution < -0.4 is 5.32 Å². The number of hydrogen-bond donors (Lipinski definition) is 1. The lowest BCUT2D eigenvalue weighted by Gasteiger charge is -2.31. The molecule has 2 rings (SSSR count). The molecule has 3 nitrogen and oxygen atoms in total. The van der Waals surface area contributed by atoms with Crippen LogP contribution in [0, 0.1) is 5.92 Å². The molecule has 1 N–H and O–H groups in total. The fourth-order valence-electron chi connectivity index (χ4n) is 3.74. The van der Waals surface area contributed by atoms with Gasteiger partial charge in [0, 0.05) is 6.04 Å². The Labute approximate surface area is 125 Å². The van der Waals surface area contributed by atoms with E-state index in [9.17, 15) is 0 Å². The normalized spacial score (nSPS) is 30.8. The molecule has 2 fully saturated rings. The fourth-order valence-corrected chi connectivity index (χ4v) is 3.74. The quantitative estimate of drug-likeness (QED) is 0.784. The Morgan fingerprint density at radius 1 is 1.15 bits per heavy atom. The smallest absolute Gasteiger partial charge is 0.0787 e. The molecule has 0 aromatic heterocycles. The van der Waals surface area contributed by atoms with Gasteiger partial charge in [0.25, 0.3) is 0 Å². The lowest BCUT2D eigenvalue weighted by molar-refractivity contribution is -0.0698. The second kappa shape index (κ2) is 6.33. The van der Waals surface area contributed by atoms with E-state index < -0.39 is 0 Å². The summed E-state index contributed by atoms with van der Waals surface area (Å²) >= 11 is 0. The van der Waals surface area contributed by atoms with Crippen LogP contribution in [0.4, 0.5) is 0 Å². The van der Waals surface area contributed by atoms with Gasteiger partial charge < -0.3 is 15.0 Å². The molecule has 2 heterocycles. The van der Waals surface area contributed by atoms with Crippen molar-refractivity contribution < 1.29 is 4.74 Å². The van der Waals surface area contributed by atoms with Crippen LogP contribution in [0.1, 0.15) is 60.3 Å². The van der Waals surface area contributed by atoms with Crippen LogP contribution in [-0.2, 0) is 4.74 Å². The SMILES string of the molecule is CC1CCN(CCCNC2CC(C)(C)OC2(C)C)CC1. The highest BCUT2D eigenvalue weighted by Gasteiger charge is 2.45. The Morgan fingerprint density at radius 2 is 1.80 bits per heavy atom. The van der Waals surface area contributed by atoms with E-state index in [0.29, 0.717) is 6.04 Å². The van der Waals surface area contributed by atoms with E-state index in [1.54, 1.807) is 0 Å². The van der Waals surface area contributed by atoms with Crippen LogP contribution in [0.5, 0.6) is 0 Å². The highest BCUT2D eigenvalue weighted by molar-refractivity contribution is 4.98. The molecule has 0 radical (unpaired) electrons. The van der Waals surface area contributed by atoms with Gasteiger partial charge in [-0.25, -0.2) is 0 Å². The van der Waals surface area contributed by atoms with Crippen molar-refractivity contribution in [3.8, 4) is 0 Å². The van der Waals surface area contributed by atoms with Gasteiger partial charge in [-0.2, -0.15) is 0 Å². The topological polar surface area (TPSA) is 24.5 Å². The summed E-state index contributed by atoms with van der Waals surface area (Å²) in [4.78, 5) is 2.63. The van der Waals surface area contributed by atoms with Crippen molar-refractivity contribution in [1.29, 1.82) is 0 Å². The minimum Gasteiger partial charge on any atom is -0.368 e. The van der Waals surface area contributed by atoms with E-state index in [4.69, 9.17) is 4.74 Å². The first-order chi connectivity index (χ1) is 9.28. The van der Waals surface area contributed by atoms with Crippen molar-refractivity contribution in [2.24, 2.45) is 5.92 Å². The number of likely N-dealkylation sites (tertiary alicyclic amines) is 1. The van der Waals surface area contributed by atoms with Gasteiger partial charge in [-0.1, -0.05) is 6.92 Å². The maximum absolute atomic E-state index is 6.13. The monoisotopic (exact) mass is 282 g/mol. The van der Waals surface area contributed by atoms with Gasteiger partial charge in [-0.05, 0) is 85.5 Å². The summed E-state index contributed by atoms with van der Waals surface area (Å²) in [6, 6.07) is 0.485. The Balaban J connectivity index is 1.64. The molecular formula is C17H34N2O. The number of ether oxygens (including phenoxy) is 1. The average molecular weight is 282 g/mol. The molecule has 2 aliphatic heterocycles. The third-order valence-corrected chi connectivity index (χ3v) is 4.99.